The molecule has 0 aliphatic carbocycles. The zero-order valence-electron chi connectivity index (χ0n) is 19.8. The van der Waals surface area contributed by atoms with Crippen molar-refractivity contribution in [2.24, 2.45) is 0 Å². The van der Waals surface area contributed by atoms with E-state index in [0.29, 0.717) is 5.69 Å². The number of morpholine rings is 1. The molecular weight excluding hydrogens is 456 g/mol. The molecule has 2 aromatic heterocycles. The van der Waals surface area contributed by atoms with Crippen molar-refractivity contribution < 1.29 is 13.5 Å². The molecule has 0 spiro atoms. The first-order valence-corrected chi connectivity index (χ1v) is 11.7. The minimum Gasteiger partial charge on any atom is -0.379 e. The summed E-state index contributed by atoms with van der Waals surface area (Å²) >= 11 is 0. The Balaban J connectivity index is 1.61. The number of hydrogen-bond acceptors (Lipinski definition) is 5. The zero-order chi connectivity index (χ0) is 24.9. The fourth-order valence-corrected chi connectivity index (χ4v) is 4.27. The van der Waals surface area contributed by atoms with Gasteiger partial charge in [-0.3, -0.25) is 14.5 Å². The normalized spacial score (nSPS) is 15.9. The molecular formula is C25H29F2N5O3. The average Bonchev–Trinajstić information content (AvgIpc) is 3.20. The number of nitrogens with zero attached hydrogens (tertiary/aromatic N) is 3. The van der Waals surface area contributed by atoms with Crippen LogP contribution in [0.5, 0.6) is 0 Å². The van der Waals surface area contributed by atoms with E-state index in [1.165, 1.54) is 6.08 Å². The summed E-state index contributed by atoms with van der Waals surface area (Å²) in [5.74, 6) is -1.41. The predicted octanol–water partition coefficient (Wildman–Crippen LogP) is 1.04. The first kappa shape index (κ1) is 24.7. The number of aromatic amines is 2. The van der Waals surface area contributed by atoms with Crippen molar-refractivity contribution in [1.82, 2.24) is 24.4 Å². The van der Waals surface area contributed by atoms with Crippen molar-refractivity contribution in [2.75, 3.05) is 32.8 Å². The smallest absolute Gasteiger partial charge is 0.272 e. The Morgan fingerprint density at radius 2 is 1.63 bits per heavy atom. The van der Waals surface area contributed by atoms with E-state index in [2.05, 4.69) is 38.3 Å². The Labute approximate surface area is 200 Å². The Bertz CT molecular complexity index is 1400. The van der Waals surface area contributed by atoms with Crippen LogP contribution in [0.3, 0.4) is 0 Å². The molecule has 0 radical (unpaired) electrons. The molecule has 1 aromatic carbocycles. The van der Waals surface area contributed by atoms with Gasteiger partial charge in [0.05, 0.1) is 25.2 Å². The quantitative estimate of drug-likeness (QED) is 0.522. The van der Waals surface area contributed by atoms with Crippen molar-refractivity contribution in [2.45, 2.75) is 32.7 Å². The van der Waals surface area contributed by atoms with Crippen LogP contribution < -0.4 is 21.8 Å². The topological polar surface area (TPSA) is 96.0 Å². The van der Waals surface area contributed by atoms with Gasteiger partial charge in [-0.25, -0.2) is 13.8 Å². The Morgan fingerprint density at radius 3 is 2.26 bits per heavy atom. The summed E-state index contributed by atoms with van der Waals surface area (Å²) in [7, 11) is 0. The molecule has 10 heteroatoms. The van der Waals surface area contributed by atoms with Gasteiger partial charge in [0.25, 0.3) is 11.1 Å². The highest BCUT2D eigenvalue weighted by Crippen LogP contribution is 2.20. The standard InChI is InChI=1S/C25H29F2N5O3/c1-16(2)23-20(28-15-32(23)5-3-4-31-6-8-35-9-7-31)14-22-25(34)29-21(24(33)30-22)12-17-10-18(26)13-19(27)11-17/h10-16H,3-9H2,1-2H3,(H,29,34)(H,30,33)/b21-12-,22-14-. The molecule has 0 bridgehead atoms. The van der Waals surface area contributed by atoms with Gasteiger partial charge in [0.15, 0.2) is 0 Å². The highest BCUT2D eigenvalue weighted by atomic mass is 19.1. The summed E-state index contributed by atoms with van der Waals surface area (Å²) in [6.07, 6.45) is 5.49. The van der Waals surface area contributed by atoms with Crippen molar-refractivity contribution in [3.63, 3.8) is 0 Å². The van der Waals surface area contributed by atoms with Gasteiger partial charge in [-0.15, -0.1) is 0 Å². The SMILES string of the molecule is CC(C)c1c(/C=c2\[nH]c(=O)/c(=C/c3cc(F)cc(F)c3)[nH]c2=O)ncn1CCCN1CCOCC1. The molecule has 8 nitrogen and oxygen atoms in total. The lowest BCUT2D eigenvalue weighted by Crippen LogP contribution is -2.46. The molecule has 0 saturated carbocycles. The number of nitrogens with one attached hydrogen (secondary N) is 2. The number of aromatic nitrogens is 4. The lowest BCUT2D eigenvalue weighted by molar-refractivity contribution is 0.0369. The molecule has 1 aliphatic heterocycles. The minimum atomic E-state index is -0.776. The van der Waals surface area contributed by atoms with Crippen LogP contribution in [0.25, 0.3) is 12.2 Å². The highest BCUT2D eigenvalue weighted by molar-refractivity contribution is 5.49. The van der Waals surface area contributed by atoms with Gasteiger partial charge in [-0.1, -0.05) is 13.8 Å². The summed E-state index contributed by atoms with van der Waals surface area (Å²) in [6, 6.07) is 2.87. The van der Waals surface area contributed by atoms with Gasteiger partial charge < -0.3 is 19.3 Å². The molecule has 3 aromatic rings. The molecule has 35 heavy (non-hydrogen) atoms. The van der Waals surface area contributed by atoms with Crippen molar-refractivity contribution in [3.8, 4) is 0 Å². The van der Waals surface area contributed by atoms with Crippen LogP contribution in [0.4, 0.5) is 8.78 Å². The van der Waals surface area contributed by atoms with E-state index in [9.17, 15) is 18.4 Å². The van der Waals surface area contributed by atoms with Crippen LogP contribution in [0.1, 0.15) is 43.1 Å². The molecule has 4 rings (SSSR count). The third kappa shape index (κ3) is 6.20. The second kappa shape index (κ2) is 10.9. The lowest BCUT2D eigenvalue weighted by Gasteiger charge is -2.26. The van der Waals surface area contributed by atoms with Crippen molar-refractivity contribution in [3.05, 3.63) is 84.5 Å². The van der Waals surface area contributed by atoms with Gasteiger partial charge in [0.1, 0.15) is 22.3 Å². The van der Waals surface area contributed by atoms with Gasteiger partial charge in [-0.05, 0) is 42.2 Å². The molecule has 1 saturated heterocycles. The summed E-state index contributed by atoms with van der Waals surface area (Å²) in [5, 5.41) is -0.0482. The summed E-state index contributed by atoms with van der Waals surface area (Å²) in [5.41, 5.74) is 0.578. The van der Waals surface area contributed by atoms with E-state index in [1.807, 2.05) is 0 Å². The van der Waals surface area contributed by atoms with Gasteiger partial charge in [0.2, 0.25) is 0 Å². The molecule has 186 valence electrons. The fourth-order valence-electron chi connectivity index (χ4n) is 4.27. The van der Waals surface area contributed by atoms with E-state index in [0.717, 1.165) is 69.7 Å². The second-order valence-corrected chi connectivity index (χ2v) is 8.90. The maximum absolute atomic E-state index is 13.5. The zero-order valence-corrected chi connectivity index (χ0v) is 19.8. The number of rotatable bonds is 7. The second-order valence-electron chi connectivity index (χ2n) is 8.90. The number of aryl methyl sites for hydroxylation is 1. The molecule has 1 aliphatic rings. The molecule has 0 amide bonds. The van der Waals surface area contributed by atoms with Crippen LogP contribution in [-0.4, -0.2) is 57.3 Å². The number of benzene rings is 1. The van der Waals surface area contributed by atoms with Crippen LogP contribution in [0.2, 0.25) is 0 Å². The van der Waals surface area contributed by atoms with Crippen LogP contribution >= 0.6 is 0 Å². The molecule has 0 atom stereocenters. The number of imidazole rings is 1. The van der Waals surface area contributed by atoms with Crippen LogP contribution in [0, 0.1) is 11.6 Å². The minimum absolute atomic E-state index is 0.0537. The van der Waals surface area contributed by atoms with Gasteiger partial charge in [-0.2, -0.15) is 0 Å². The van der Waals surface area contributed by atoms with Crippen molar-refractivity contribution in [1.29, 1.82) is 0 Å². The maximum Gasteiger partial charge on any atom is 0.272 e. The van der Waals surface area contributed by atoms with E-state index in [4.69, 9.17) is 4.74 Å². The summed E-state index contributed by atoms with van der Waals surface area (Å²) in [6.45, 7) is 9.28. The average molecular weight is 486 g/mol. The van der Waals surface area contributed by atoms with Gasteiger partial charge in [0, 0.05) is 37.9 Å². The third-order valence-electron chi connectivity index (χ3n) is 5.89. The lowest BCUT2D eigenvalue weighted by atomic mass is 10.1. The van der Waals surface area contributed by atoms with E-state index in [1.54, 1.807) is 12.4 Å². The summed E-state index contributed by atoms with van der Waals surface area (Å²) in [4.78, 5) is 37.2. The number of hydrogen-bond donors (Lipinski definition) is 2. The Kier molecular flexibility index (Phi) is 7.72. The molecule has 0 unspecified atom stereocenters. The number of H-pyrrole nitrogens is 2. The van der Waals surface area contributed by atoms with Crippen molar-refractivity contribution >= 4 is 12.2 Å². The Hall–Kier alpha value is -3.37. The third-order valence-corrected chi connectivity index (χ3v) is 5.89. The predicted molar refractivity (Wildman–Crippen MR) is 129 cm³/mol. The number of halogens is 2. The number of ether oxygens (including phenoxy) is 1. The molecule has 1 fully saturated rings. The van der Waals surface area contributed by atoms with E-state index >= 15 is 0 Å². The molecule has 3 heterocycles. The van der Waals surface area contributed by atoms with Crippen LogP contribution in [0.15, 0.2) is 34.1 Å². The van der Waals surface area contributed by atoms with Crippen LogP contribution in [-0.2, 0) is 11.3 Å². The molecule has 2 N–H and O–H groups in total. The largest absolute Gasteiger partial charge is 0.379 e. The first-order valence-electron chi connectivity index (χ1n) is 11.7. The highest BCUT2D eigenvalue weighted by Gasteiger charge is 2.15. The van der Waals surface area contributed by atoms with E-state index in [-0.39, 0.29) is 22.2 Å². The summed E-state index contributed by atoms with van der Waals surface area (Å²) < 4.78 is 34.4. The van der Waals surface area contributed by atoms with E-state index < -0.39 is 22.8 Å². The monoisotopic (exact) mass is 485 g/mol. The van der Waals surface area contributed by atoms with Gasteiger partial charge >= 0.3 is 0 Å². The first-order chi connectivity index (χ1) is 16.8. The maximum atomic E-state index is 13.5. The Morgan fingerprint density at radius 1 is 1.00 bits per heavy atom. The fraction of sp³-hybridized carbons (Fsp3) is 0.400.